The molecule has 0 saturated carbocycles. The number of hydrogen-bond donors (Lipinski definition) is 1. The first-order valence-corrected chi connectivity index (χ1v) is 5.72. The first-order valence-electron chi connectivity index (χ1n) is 5.34. The summed E-state index contributed by atoms with van der Waals surface area (Å²) in [5.74, 6) is -1.15. The first-order chi connectivity index (χ1) is 8.81. The van der Waals surface area contributed by atoms with Gasteiger partial charge >= 0.3 is 6.18 Å². The minimum absolute atomic E-state index is 0.0493. The molecule has 19 heavy (non-hydrogen) atoms. The number of hydrogen-bond acceptors (Lipinski definition) is 4. The third-order valence-corrected chi connectivity index (χ3v) is 2.87. The fourth-order valence-corrected chi connectivity index (χ4v) is 1.95. The Bertz CT molecular complexity index is 509. The van der Waals surface area contributed by atoms with Crippen LogP contribution < -0.4 is 4.90 Å². The highest BCUT2D eigenvalue weighted by molar-refractivity contribution is 6.29. The molecular formula is C10H9ClF3N3O2. The van der Waals surface area contributed by atoms with Crippen molar-refractivity contribution in [3.8, 4) is 0 Å². The van der Waals surface area contributed by atoms with Crippen LogP contribution in [0.2, 0.25) is 5.15 Å². The Morgan fingerprint density at radius 2 is 2.16 bits per heavy atom. The van der Waals surface area contributed by atoms with Gasteiger partial charge in [-0.3, -0.25) is 9.69 Å². The third kappa shape index (κ3) is 2.95. The number of aliphatic hydroxyl groups excluding tert-OH is 1. The summed E-state index contributed by atoms with van der Waals surface area (Å²) in [4.78, 5) is 19.6. The molecule has 0 aliphatic carbocycles. The van der Waals surface area contributed by atoms with E-state index in [1.165, 1.54) is 0 Å². The van der Waals surface area contributed by atoms with Crippen molar-refractivity contribution in [2.75, 3.05) is 18.1 Å². The van der Waals surface area contributed by atoms with Gasteiger partial charge in [-0.1, -0.05) is 11.6 Å². The lowest BCUT2D eigenvalue weighted by atomic mass is 10.1. The van der Waals surface area contributed by atoms with E-state index >= 15 is 0 Å². The molecule has 1 aliphatic rings. The second-order valence-corrected chi connectivity index (χ2v) is 4.52. The number of halogens is 4. The molecule has 5 nitrogen and oxygen atoms in total. The Hall–Kier alpha value is -1.41. The molecule has 1 unspecified atom stereocenters. The summed E-state index contributed by atoms with van der Waals surface area (Å²) < 4.78 is 37.7. The molecule has 1 atom stereocenters. The van der Waals surface area contributed by atoms with Crippen LogP contribution in [-0.2, 0) is 11.0 Å². The van der Waals surface area contributed by atoms with Crippen molar-refractivity contribution in [3.63, 3.8) is 0 Å². The van der Waals surface area contributed by atoms with Crippen molar-refractivity contribution in [3.05, 3.63) is 16.9 Å². The summed E-state index contributed by atoms with van der Waals surface area (Å²) in [5, 5.41) is 8.57. The van der Waals surface area contributed by atoms with Gasteiger partial charge in [0.15, 0.2) is 5.69 Å². The van der Waals surface area contributed by atoms with Gasteiger partial charge in [-0.2, -0.15) is 13.2 Å². The molecule has 1 fully saturated rings. The Labute approximate surface area is 111 Å². The van der Waals surface area contributed by atoms with Gasteiger partial charge in [-0.25, -0.2) is 9.97 Å². The standard InChI is InChI=1S/C10H9ClF3N3O2/c11-7-2-6(10(12,13)14)15-9(16-7)17-3-5(4-18)1-8(17)19/h2,5,18H,1,3-4H2. The quantitative estimate of drug-likeness (QED) is 0.840. The lowest BCUT2D eigenvalue weighted by Crippen LogP contribution is -2.28. The minimum atomic E-state index is -4.67. The number of anilines is 1. The number of carbonyl (C=O) groups is 1. The Kier molecular flexibility index (Phi) is 3.64. The van der Waals surface area contributed by atoms with Gasteiger partial charge in [0.2, 0.25) is 11.9 Å². The summed E-state index contributed by atoms with van der Waals surface area (Å²) in [6.07, 6.45) is -4.62. The monoisotopic (exact) mass is 295 g/mol. The SMILES string of the molecule is O=C1CC(CO)CN1c1nc(Cl)cc(C(F)(F)F)n1. The van der Waals surface area contributed by atoms with Crippen molar-refractivity contribution in [2.24, 2.45) is 5.92 Å². The summed E-state index contributed by atoms with van der Waals surface area (Å²) >= 11 is 5.51. The van der Waals surface area contributed by atoms with E-state index in [2.05, 4.69) is 9.97 Å². The van der Waals surface area contributed by atoms with E-state index in [0.717, 1.165) is 4.90 Å². The molecule has 104 valence electrons. The average molecular weight is 296 g/mol. The average Bonchev–Trinajstić information content (AvgIpc) is 2.68. The minimum Gasteiger partial charge on any atom is -0.396 e. The summed E-state index contributed by atoms with van der Waals surface area (Å²) in [6, 6.07) is 0.592. The van der Waals surface area contributed by atoms with E-state index in [9.17, 15) is 18.0 Å². The Balaban J connectivity index is 2.35. The maximum Gasteiger partial charge on any atom is 0.433 e. The van der Waals surface area contributed by atoms with Crippen LogP contribution in [0.3, 0.4) is 0 Å². The maximum absolute atomic E-state index is 12.6. The molecule has 2 heterocycles. The highest BCUT2D eigenvalue weighted by Crippen LogP contribution is 2.31. The largest absolute Gasteiger partial charge is 0.433 e. The molecular weight excluding hydrogens is 287 g/mol. The number of rotatable bonds is 2. The predicted octanol–water partition coefficient (Wildman–Crippen LogP) is 1.49. The second kappa shape index (κ2) is 4.93. The van der Waals surface area contributed by atoms with Crippen LogP contribution in [0.1, 0.15) is 12.1 Å². The molecule has 0 aromatic carbocycles. The number of carbonyl (C=O) groups excluding carboxylic acids is 1. The van der Waals surface area contributed by atoms with Crippen LogP contribution in [0.4, 0.5) is 19.1 Å². The molecule has 0 radical (unpaired) electrons. The number of amides is 1. The normalized spacial score (nSPS) is 20.2. The van der Waals surface area contributed by atoms with Crippen LogP contribution in [0, 0.1) is 5.92 Å². The number of alkyl halides is 3. The van der Waals surface area contributed by atoms with Crippen LogP contribution >= 0.6 is 11.6 Å². The lowest BCUT2D eigenvalue weighted by molar-refractivity contribution is -0.141. The predicted molar refractivity (Wildman–Crippen MR) is 59.6 cm³/mol. The van der Waals surface area contributed by atoms with E-state index in [-0.39, 0.29) is 31.4 Å². The fourth-order valence-electron chi connectivity index (χ4n) is 1.77. The highest BCUT2D eigenvalue weighted by atomic mass is 35.5. The van der Waals surface area contributed by atoms with E-state index in [4.69, 9.17) is 16.7 Å². The number of nitrogens with zero attached hydrogens (tertiary/aromatic N) is 3. The second-order valence-electron chi connectivity index (χ2n) is 4.13. The third-order valence-electron chi connectivity index (χ3n) is 2.68. The van der Waals surface area contributed by atoms with Crippen molar-refractivity contribution < 1.29 is 23.1 Å². The Morgan fingerprint density at radius 1 is 1.47 bits per heavy atom. The van der Waals surface area contributed by atoms with Gasteiger partial charge in [-0.05, 0) is 0 Å². The van der Waals surface area contributed by atoms with Gasteiger partial charge in [-0.15, -0.1) is 0 Å². The zero-order valence-corrected chi connectivity index (χ0v) is 10.2. The van der Waals surface area contributed by atoms with Gasteiger partial charge in [0, 0.05) is 31.6 Å². The first kappa shape index (κ1) is 14.0. The molecule has 1 amide bonds. The Morgan fingerprint density at radius 3 is 2.68 bits per heavy atom. The smallest absolute Gasteiger partial charge is 0.396 e. The van der Waals surface area contributed by atoms with Crippen molar-refractivity contribution in [2.45, 2.75) is 12.6 Å². The van der Waals surface area contributed by atoms with Crippen molar-refractivity contribution in [1.82, 2.24) is 9.97 Å². The molecule has 0 bridgehead atoms. The van der Waals surface area contributed by atoms with Crippen LogP contribution in [0.15, 0.2) is 6.07 Å². The maximum atomic E-state index is 12.6. The molecule has 0 spiro atoms. The van der Waals surface area contributed by atoms with Crippen LogP contribution in [0.5, 0.6) is 0 Å². The molecule has 1 saturated heterocycles. The zero-order chi connectivity index (χ0) is 14.2. The van der Waals surface area contributed by atoms with Crippen molar-refractivity contribution in [1.29, 1.82) is 0 Å². The van der Waals surface area contributed by atoms with Crippen LogP contribution in [0.25, 0.3) is 0 Å². The van der Waals surface area contributed by atoms with Crippen molar-refractivity contribution >= 4 is 23.5 Å². The summed E-state index contributed by atoms with van der Waals surface area (Å²) in [7, 11) is 0. The highest BCUT2D eigenvalue weighted by Gasteiger charge is 2.36. The molecule has 9 heteroatoms. The zero-order valence-electron chi connectivity index (χ0n) is 9.48. The van der Waals surface area contributed by atoms with Gasteiger partial charge in [0.05, 0.1) is 0 Å². The summed E-state index contributed by atoms with van der Waals surface area (Å²) in [6.45, 7) is -0.151. The summed E-state index contributed by atoms with van der Waals surface area (Å²) in [5.41, 5.74) is -1.21. The van der Waals surface area contributed by atoms with E-state index in [1.54, 1.807) is 0 Å². The van der Waals surface area contributed by atoms with Gasteiger partial charge < -0.3 is 5.11 Å². The fraction of sp³-hybridized carbons (Fsp3) is 0.500. The van der Waals surface area contributed by atoms with Crippen LogP contribution in [-0.4, -0.2) is 34.1 Å². The van der Waals surface area contributed by atoms with Gasteiger partial charge in [0.25, 0.3) is 0 Å². The molecule has 1 N–H and O–H groups in total. The van der Waals surface area contributed by atoms with E-state index in [1.807, 2.05) is 0 Å². The topological polar surface area (TPSA) is 66.3 Å². The molecule has 1 aromatic heterocycles. The lowest BCUT2D eigenvalue weighted by Gasteiger charge is -2.16. The van der Waals surface area contributed by atoms with E-state index < -0.39 is 22.9 Å². The molecule has 2 rings (SSSR count). The van der Waals surface area contributed by atoms with Gasteiger partial charge in [0.1, 0.15) is 5.15 Å². The number of aliphatic hydroxyl groups is 1. The molecule has 1 aromatic rings. The van der Waals surface area contributed by atoms with E-state index in [0.29, 0.717) is 6.07 Å². The molecule has 1 aliphatic heterocycles. The number of aromatic nitrogens is 2.